The van der Waals surface area contributed by atoms with Crippen molar-refractivity contribution in [3.8, 4) is 5.69 Å². The van der Waals surface area contributed by atoms with Crippen molar-refractivity contribution in [3.05, 3.63) is 52.1 Å². The molecule has 23 heavy (non-hydrogen) atoms. The first kappa shape index (κ1) is 15.6. The molecule has 3 rings (SSSR count). The third-order valence-corrected chi connectivity index (χ3v) is 3.85. The summed E-state index contributed by atoms with van der Waals surface area (Å²) in [5.74, 6) is -0.498. The largest absolute Gasteiger partial charge is 0.350 e. The highest BCUT2D eigenvalue weighted by Gasteiger charge is 2.20. The maximum Gasteiger partial charge on any atom is 0.287 e. The zero-order valence-corrected chi connectivity index (χ0v) is 14.2. The monoisotopic (exact) mass is 376 g/mol. The highest BCUT2D eigenvalue weighted by molar-refractivity contribution is 9.10. The number of pyridine rings is 1. The molecule has 0 atom stereocenters. The second kappa shape index (κ2) is 6.08. The number of rotatable bonds is 3. The third kappa shape index (κ3) is 2.84. The summed E-state index contributed by atoms with van der Waals surface area (Å²) in [5.41, 5.74) is 2.10. The minimum Gasteiger partial charge on any atom is -0.350 e. The number of amides is 1. The molecule has 0 spiro atoms. The van der Waals surface area contributed by atoms with E-state index in [1.165, 1.54) is 6.07 Å². The summed E-state index contributed by atoms with van der Waals surface area (Å²) in [7, 11) is 0. The average molecular weight is 377 g/mol. The summed E-state index contributed by atoms with van der Waals surface area (Å²) >= 11 is 3.34. The van der Waals surface area contributed by atoms with E-state index in [-0.39, 0.29) is 17.5 Å². The fourth-order valence-electron chi connectivity index (χ4n) is 2.30. The molecular weight excluding hydrogens is 363 g/mol. The molecule has 7 heteroatoms. The van der Waals surface area contributed by atoms with Gasteiger partial charge in [-0.2, -0.15) is 0 Å². The summed E-state index contributed by atoms with van der Waals surface area (Å²) in [6, 6.07) is 6.55. The van der Waals surface area contributed by atoms with Crippen molar-refractivity contribution in [1.29, 1.82) is 0 Å². The average Bonchev–Trinajstić information content (AvgIpc) is 2.89. The number of carbonyl (C=O) groups is 1. The zero-order chi connectivity index (χ0) is 16.6. The van der Waals surface area contributed by atoms with Crippen molar-refractivity contribution in [3.63, 3.8) is 0 Å². The first-order valence-corrected chi connectivity index (χ1v) is 7.89. The summed E-state index contributed by atoms with van der Waals surface area (Å²) in [4.78, 5) is 21.0. The lowest BCUT2D eigenvalue weighted by molar-refractivity contribution is 0.0944. The molecule has 0 aliphatic heterocycles. The Labute approximate surface area is 140 Å². The summed E-state index contributed by atoms with van der Waals surface area (Å²) in [6.45, 7) is 3.98. The van der Waals surface area contributed by atoms with Crippen molar-refractivity contribution >= 4 is 33.0 Å². The molecule has 0 aliphatic rings. The van der Waals surface area contributed by atoms with E-state index in [4.69, 9.17) is 0 Å². The number of benzene rings is 1. The Morgan fingerprint density at radius 1 is 1.39 bits per heavy atom. The second-order valence-corrected chi connectivity index (χ2v) is 5.98. The van der Waals surface area contributed by atoms with Gasteiger partial charge in [-0.3, -0.25) is 9.36 Å². The number of halogens is 2. The quantitative estimate of drug-likeness (QED) is 0.761. The first-order valence-electron chi connectivity index (χ1n) is 7.10. The van der Waals surface area contributed by atoms with Crippen LogP contribution in [0.5, 0.6) is 0 Å². The number of fused-ring (bicyclic) bond motifs is 1. The van der Waals surface area contributed by atoms with Gasteiger partial charge in [0.25, 0.3) is 5.91 Å². The van der Waals surface area contributed by atoms with Gasteiger partial charge in [0.15, 0.2) is 5.65 Å². The van der Waals surface area contributed by atoms with E-state index in [1.54, 1.807) is 35.9 Å². The fraction of sp³-hybridized carbons (Fsp3) is 0.188. The van der Waals surface area contributed by atoms with Gasteiger partial charge in [0.1, 0.15) is 11.3 Å². The molecule has 1 N–H and O–H groups in total. The Morgan fingerprint density at radius 3 is 2.87 bits per heavy atom. The molecule has 2 heterocycles. The van der Waals surface area contributed by atoms with E-state index >= 15 is 0 Å². The number of hydrogen-bond donors (Lipinski definition) is 1. The third-order valence-electron chi connectivity index (χ3n) is 3.42. The molecule has 1 amide bonds. The van der Waals surface area contributed by atoms with Gasteiger partial charge in [0, 0.05) is 17.2 Å². The van der Waals surface area contributed by atoms with E-state index < -0.39 is 0 Å². The predicted molar refractivity (Wildman–Crippen MR) is 89.3 cm³/mol. The fourth-order valence-corrected chi connectivity index (χ4v) is 2.62. The molecule has 0 radical (unpaired) electrons. The number of carbonyl (C=O) groups excluding carboxylic acids is 1. The van der Waals surface area contributed by atoms with Crippen LogP contribution in [0.15, 0.2) is 34.9 Å². The first-order chi connectivity index (χ1) is 11.0. The van der Waals surface area contributed by atoms with Gasteiger partial charge in [-0.1, -0.05) is 6.07 Å². The standard InChI is InChI=1S/C16H14BrFN4O/c1-3-19-16(23)15-21-13-6-10(17)8-20-14(13)22(15)11-5-4-9(2)12(18)7-11/h4-8H,3H2,1-2H3,(H,19,23). The predicted octanol–water partition coefficient (Wildman–Crippen LogP) is 3.38. The lowest BCUT2D eigenvalue weighted by Crippen LogP contribution is -2.26. The molecule has 1 aromatic carbocycles. The van der Waals surface area contributed by atoms with E-state index in [0.717, 1.165) is 4.47 Å². The van der Waals surface area contributed by atoms with Crippen LogP contribution in [0.3, 0.4) is 0 Å². The van der Waals surface area contributed by atoms with Crippen molar-refractivity contribution in [1.82, 2.24) is 19.9 Å². The van der Waals surface area contributed by atoms with Crippen LogP contribution in [-0.2, 0) is 0 Å². The van der Waals surface area contributed by atoms with Crippen LogP contribution in [0.1, 0.15) is 23.1 Å². The van der Waals surface area contributed by atoms with E-state index in [2.05, 4.69) is 31.2 Å². The molecule has 0 saturated heterocycles. The van der Waals surface area contributed by atoms with Crippen LogP contribution < -0.4 is 5.32 Å². The highest BCUT2D eigenvalue weighted by atomic mass is 79.9. The Kier molecular flexibility index (Phi) is 4.12. The minimum atomic E-state index is -0.344. The lowest BCUT2D eigenvalue weighted by Gasteiger charge is -2.09. The van der Waals surface area contributed by atoms with Gasteiger partial charge < -0.3 is 5.32 Å². The topological polar surface area (TPSA) is 59.8 Å². The maximum atomic E-state index is 14.0. The van der Waals surface area contributed by atoms with Crippen molar-refractivity contribution in [2.75, 3.05) is 6.54 Å². The van der Waals surface area contributed by atoms with Crippen molar-refractivity contribution < 1.29 is 9.18 Å². The molecule has 0 aliphatic carbocycles. The SMILES string of the molecule is CCNC(=O)c1nc2cc(Br)cnc2n1-c1ccc(C)c(F)c1. The van der Waals surface area contributed by atoms with Gasteiger partial charge in [0.2, 0.25) is 5.82 Å². The van der Waals surface area contributed by atoms with Gasteiger partial charge >= 0.3 is 0 Å². The number of aromatic nitrogens is 3. The molecule has 0 unspecified atom stereocenters. The van der Waals surface area contributed by atoms with Crippen molar-refractivity contribution in [2.45, 2.75) is 13.8 Å². The van der Waals surface area contributed by atoms with Crippen LogP contribution in [-0.4, -0.2) is 27.0 Å². The molecule has 5 nitrogen and oxygen atoms in total. The van der Waals surface area contributed by atoms with Gasteiger partial charge in [-0.05, 0) is 53.5 Å². The normalized spacial score (nSPS) is 11.0. The van der Waals surface area contributed by atoms with E-state index in [9.17, 15) is 9.18 Å². The van der Waals surface area contributed by atoms with E-state index in [1.807, 2.05) is 6.92 Å². The van der Waals surface area contributed by atoms with E-state index in [0.29, 0.717) is 29.0 Å². The Balaban J connectivity index is 2.29. The molecular formula is C16H14BrFN4O. The van der Waals surface area contributed by atoms with Crippen LogP contribution in [0.4, 0.5) is 4.39 Å². The lowest BCUT2D eigenvalue weighted by atomic mass is 10.2. The van der Waals surface area contributed by atoms with Gasteiger partial charge in [0.05, 0.1) is 5.69 Å². The van der Waals surface area contributed by atoms with Crippen LogP contribution >= 0.6 is 15.9 Å². The molecule has 0 saturated carbocycles. The Hall–Kier alpha value is -2.28. The highest BCUT2D eigenvalue weighted by Crippen LogP contribution is 2.23. The molecule has 0 bridgehead atoms. The van der Waals surface area contributed by atoms with Gasteiger partial charge in [-0.25, -0.2) is 14.4 Å². The summed E-state index contributed by atoms with van der Waals surface area (Å²) < 4.78 is 16.3. The summed E-state index contributed by atoms with van der Waals surface area (Å²) in [5, 5.41) is 2.72. The van der Waals surface area contributed by atoms with Crippen molar-refractivity contribution in [2.24, 2.45) is 0 Å². The van der Waals surface area contributed by atoms with Gasteiger partial charge in [-0.15, -0.1) is 0 Å². The van der Waals surface area contributed by atoms with Crippen LogP contribution in [0.25, 0.3) is 16.9 Å². The number of nitrogens with zero attached hydrogens (tertiary/aromatic N) is 3. The molecule has 3 aromatic rings. The smallest absolute Gasteiger partial charge is 0.287 e. The minimum absolute atomic E-state index is 0.177. The number of nitrogens with one attached hydrogen (secondary N) is 1. The van der Waals surface area contributed by atoms with Crippen LogP contribution in [0, 0.1) is 12.7 Å². The second-order valence-electron chi connectivity index (χ2n) is 5.06. The Bertz CT molecular complexity index is 906. The molecule has 118 valence electrons. The number of hydrogen-bond acceptors (Lipinski definition) is 3. The maximum absolute atomic E-state index is 14.0. The molecule has 0 fully saturated rings. The zero-order valence-electron chi connectivity index (χ0n) is 12.6. The van der Waals surface area contributed by atoms with Crippen LogP contribution in [0.2, 0.25) is 0 Å². The number of imidazole rings is 1. The summed E-state index contributed by atoms with van der Waals surface area (Å²) in [6.07, 6.45) is 1.62. The molecule has 2 aromatic heterocycles. The number of aryl methyl sites for hydroxylation is 1. The Morgan fingerprint density at radius 2 is 2.17 bits per heavy atom.